The number of benzene rings is 2. The SMILES string of the molecule is Cc1ccccc1NC(=O)CN1CCN(S(=O)(=O)Cc2ccccc2)CC1. The van der Waals surface area contributed by atoms with Gasteiger partial charge in [0.2, 0.25) is 15.9 Å². The zero-order valence-corrected chi connectivity index (χ0v) is 16.3. The fourth-order valence-corrected chi connectivity index (χ4v) is 4.66. The van der Waals surface area contributed by atoms with Gasteiger partial charge in [-0.3, -0.25) is 9.69 Å². The first-order chi connectivity index (χ1) is 12.9. The molecule has 0 atom stereocenters. The second kappa shape index (κ2) is 8.65. The molecule has 2 aromatic carbocycles. The number of anilines is 1. The van der Waals surface area contributed by atoms with Gasteiger partial charge in [0.25, 0.3) is 0 Å². The number of amides is 1. The van der Waals surface area contributed by atoms with Crippen molar-refractivity contribution >= 4 is 21.6 Å². The van der Waals surface area contributed by atoms with E-state index in [4.69, 9.17) is 0 Å². The number of para-hydroxylation sites is 1. The van der Waals surface area contributed by atoms with Crippen LogP contribution in [0.2, 0.25) is 0 Å². The highest BCUT2D eigenvalue weighted by atomic mass is 32.2. The van der Waals surface area contributed by atoms with Gasteiger partial charge in [-0.25, -0.2) is 8.42 Å². The van der Waals surface area contributed by atoms with Gasteiger partial charge >= 0.3 is 0 Å². The zero-order valence-electron chi connectivity index (χ0n) is 15.5. The maximum absolute atomic E-state index is 12.6. The van der Waals surface area contributed by atoms with Crippen LogP contribution in [-0.2, 0) is 20.6 Å². The highest BCUT2D eigenvalue weighted by molar-refractivity contribution is 7.88. The molecule has 0 radical (unpaired) electrons. The van der Waals surface area contributed by atoms with E-state index in [-0.39, 0.29) is 18.2 Å². The Balaban J connectivity index is 1.50. The molecule has 1 N–H and O–H groups in total. The van der Waals surface area contributed by atoms with E-state index in [0.29, 0.717) is 26.2 Å². The molecule has 7 heteroatoms. The largest absolute Gasteiger partial charge is 0.325 e. The van der Waals surface area contributed by atoms with E-state index < -0.39 is 10.0 Å². The Hall–Kier alpha value is -2.22. The molecule has 27 heavy (non-hydrogen) atoms. The summed E-state index contributed by atoms with van der Waals surface area (Å²) in [6, 6.07) is 16.8. The summed E-state index contributed by atoms with van der Waals surface area (Å²) in [4.78, 5) is 14.3. The fraction of sp³-hybridized carbons (Fsp3) is 0.350. The van der Waals surface area contributed by atoms with Crippen molar-refractivity contribution in [2.45, 2.75) is 12.7 Å². The smallest absolute Gasteiger partial charge is 0.238 e. The lowest BCUT2D eigenvalue weighted by Crippen LogP contribution is -2.50. The zero-order chi connectivity index (χ0) is 19.3. The highest BCUT2D eigenvalue weighted by Crippen LogP contribution is 2.15. The summed E-state index contributed by atoms with van der Waals surface area (Å²) in [7, 11) is -3.34. The standard InChI is InChI=1S/C20H25N3O3S/c1-17-7-5-6-10-19(17)21-20(24)15-22-11-13-23(14-12-22)27(25,26)16-18-8-3-2-4-9-18/h2-10H,11-16H2,1H3,(H,21,24). The van der Waals surface area contributed by atoms with E-state index in [2.05, 4.69) is 5.32 Å². The topological polar surface area (TPSA) is 69.7 Å². The van der Waals surface area contributed by atoms with Gasteiger partial charge in [0.1, 0.15) is 0 Å². The molecule has 1 aliphatic heterocycles. The maximum atomic E-state index is 12.6. The number of nitrogens with zero attached hydrogens (tertiary/aromatic N) is 2. The van der Waals surface area contributed by atoms with Crippen LogP contribution in [-0.4, -0.2) is 56.3 Å². The Morgan fingerprint density at radius 2 is 1.59 bits per heavy atom. The third-order valence-electron chi connectivity index (χ3n) is 4.70. The number of hydrogen-bond acceptors (Lipinski definition) is 4. The number of rotatable bonds is 6. The molecule has 1 fully saturated rings. The van der Waals surface area contributed by atoms with Crippen LogP contribution < -0.4 is 5.32 Å². The first-order valence-corrected chi connectivity index (χ1v) is 10.6. The predicted molar refractivity (Wildman–Crippen MR) is 107 cm³/mol. The van der Waals surface area contributed by atoms with Gasteiger partial charge in [0.15, 0.2) is 0 Å². The summed E-state index contributed by atoms with van der Waals surface area (Å²) in [5.41, 5.74) is 2.62. The summed E-state index contributed by atoms with van der Waals surface area (Å²) in [5, 5.41) is 2.92. The molecule has 0 spiro atoms. The van der Waals surface area contributed by atoms with E-state index in [9.17, 15) is 13.2 Å². The Morgan fingerprint density at radius 3 is 2.26 bits per heavy atom. The van der Waals surface area contributed by atoms with Crippen LogP contribution in [0, 0.1) is 6.92 Å². The lowest BCUT2D eigenvalue weighted by atomic mass is 10.2. The molecule has 2 aromatic rings. The Morgan fingerprint density at radius 1 is 0.963 bits per heavy atom. The number of sulfonamides is 1. The van der Waals surface area contributed by atoms with Gasteiger partial charge in [0.05, 0.1) is 12.3 Å². The van der Waals surface area contributed by atoms with Gasteiger partial charge in [0, 0.05) is 31.9 Å². The molecule has 1 aliphatic rings. The van der Waals surface area contributed by atoms with Crippen LogP contribution >= 0.6 is 0 Å². The molecule has 3 rings (SSSR count). The molecule has 0 aliphatic carbocycles. The van der Waals surface area contributed by atoms with Crippen LogP contribution in [0.5, 0.6) is 0 Å². The lowest BCUT2D eigenvalue weighted by molar-refractivity contribution is -0.117. The normalized spacial score (nSPS) is 16.2. The Labute approximate surface area is 160 Å². The number of hydrogen-bond donors (Lipinski definition) is 1. The van der Waals surface area contributed by atoms with E-state index in [1.165, 1.54) is 4.31 Å². The third kappa shape index (κ3) is 5.38. The van der Waals surface area contributed by atoms with Gasteiger partial charge in [-0.1, -0.05) is 48.5 Å². The molecule has 1 heterocycles. The van der Waals surface area contributed by atoms with Crippen molar-refractivity contribution in [2.24, 2.45) is 0 Å². The summed E-state index contributed by atoms with van der Waals surface area (Å²) in [6.45, 7) is 4.14. The monoisotopic (exact) mass is 387 g/mol. The summed E-state index contributed by atoms with van der Waals surface area (Å²) in [5.74, 6) is -0.0633. The minimum Gasteiger partial charge on any atom is -0.325 e. The first-order valence-electron chi connectivity index (χ1n) is 9.03. The summed E-state index contributed by atoms with van der Waals surface area (Å²) < 4.78 is 26.7. The molecule has 0 saturated carbocycles. The van der Waals surface area contributed by atoms with Crippen LogP contribution in [0.3, 0.4) is 0 Å². The Kier molecular flexibility index (Phi) is 6.26. The molecule has 0 unspecified atom stereocenters. The molecule has 1 amide bonds. The quantitative estimate of drug-likeness (QED) is 0.824. The average Bonchev–Trinajstić information content (AvgIpc) is 2.64. The number of carbonyl (C=O) groups excluding carboxylic acids is 1. The van der Waals surface area contributed by atoms with Crippen molar-refractivity contribution in [3.63, 3.8) is 0 Å². The fourth-order valence-electron chi connectivity index (χ4n) is 3.15. The highest BCUT2D eigenvalue weighted by Gasteiger charge is 2.27. The van der Waals surface area contributed by atoms with Gasteiger partial charge < -0.3 is 5.32 Å². The van der Waals surface area contributed by atoms with Crippen molar-refractivity contribution in [2.75, 3.05) is 38.0 Å². The van der Waals surface area contributed by atoms with Crippen molar-refractivity contribution < 1.29 is 13.2 Å². The summed E-state index contributed by atoms with van der Waals surface area (Å²) >= 11 is 0. The van der Waals surface area contributed by atoms with Gasteiger partial charge in [-0.05, 0) is 24.1 Å². The van der Waals surface area contributed by atoms with Crippen molar-refractivity contribution in [1.82, 2.24) is 9.21 Å². The second-order valence-corrected chi connectivity index (χ2v) is 8.75. The molecule has 1 saturated heterocycles. The minimum atomic E-state index is -3.34. The number of carbonyl (C=O) groups is 1. The number of piperazine rings is 1. The van der Waals surface area contributed by atoms with Crippen LogP contribution in [0.25, 0.3) is 0 Å². The molecule has 0 bridgehead atoms. The second-order valence-electron chi connectivity index (χ2n) is 6.78. The van der Waals surface area contributed by atoms with Crippen LogP contribution in [0.15, 0.2) is 54.6 Å². The average molecular weight is 388 g/mol. The minimum absolute atomic E-state index is 0.0155. The van der Waals surface area contributed by atoms with Crippen molar-refractivity contribution in [3.05, 3.63) is 65.7 Å². The van der Waals surface area contributed by atoms with Gasteiger partial charge in [-0.15, -0.1) is 0 Å². The number of nitrogens with one attached hydrogen (secondary N) is 1. The molecular formula is C20H25N3O3S. The summed E-state index contributed by atoms with van der Waals surface area (Å²) in [6.07, 6.45) is 0. The molecule has 6 nitrogen and oxygen atoms in total. The van der Waals surface area contributed by atoms with Crippen molar-refractivity contribution in [3.8, 4) is 0 Å². The Bertz CT molecular complexity index is 876. The first kappa shape index (κ1) is 19.5. The van der Waals surface area contributed by atoms with Crippen LogP contribution in [0.4, 0.5) is 5.69 Å². The van der Waals surface area contributed by atoms with Gasteiger partial charge in [-0.2, -0.15) is 4.31 Å². The van der Waals surface area contributed by atoms with Crippen LogP contribution in [0.1, 0.15) is 11.1 Å². The lowest BCUT2D eigenvalue weighted by Gasteiger charge is -2.33. The van der Waals surface area contributed by atoms with E-state index >= 15 is 0 Å². The maximum Gasteiger partial charge on any atom is 0.238 e. The van der Waals surface area contributed by atoms with E-state index in [1.54, 1.807) is 0 Å². The number of aryl methyl sites for hydroxylation is 1. The molecule has 0 aromatic heterocycles. The molecular weight excluding hydrogens is 362 g/mol. The predicted octanol–water partition coefficient (Wildman–Crippen LogP) is 2.08. The van der Waals surface area contributed by atoms with E-state index in [0.717, 1.165) is 16.8 Å². The van der Waals surface area contributed by atoms with E-state index in [1.807, 2.05) is 66.4 Å². The van der Waals surface area contributed by atoms with Crippen molar-refractivity contribution in [1.29, 1.82) is 0 Å². The third-order valence-corrected chi connectivity index (χ3v) is 6.55. The molecule has 144 valence electrons.